The number of amides is 2. The third-order valence-electron chi connectivity index (χ3n) is 4.07. The highest BCUT2D eigenvalue weighted by atomic mass is 19.1. The van der Waals surface area contributed by atoms with Crippen molar-refractivity contribution in [3.05, 3.63) is 35.4 Å². The summed E-state index contributed by atoms with van der Waals surface area (Å²) in [7, 11) is 0. The fourth-order valence-electron chi connectivity index (χ4n) is 2.70. The van der Waals surface area contributed by atoms with Gasteiger partial charge in [0.1, 0.15) is 11.6 Å². The zero-order valence-corrected chi connectivity index (χ0v) is 13.4. The zero-order chi connectivity index (χ0) is 17.5. The Morgan fingerprint density at radius 3 is 2.75 bits per heavy atom. The van der Waals surface area contributed by atoms with Crippen LogP contribution in [0.1, 0.15) is 43.8 Å². The van der Waals surface area contributed by atoms with Crippen LogP contribution < -0.4 is 5.32 Å². The molecule has 1 fully saturated rings. The summed E-state index contributed by atoms with van der Waals surface area (Å²) in [6, 6.07) is 2.87. The van der Waals surface area contributed by atoms with Gasteiger partial charge < -0.3 is 15.3 Å². The number of halogens is 2. The summed E-state index contributed by atoms with van der Waals surface area (Å²) in [5, 5.41) is 12.4. The minimum atomic E-state index is -1.28. The first kappa shape index (κ1) is 18.3. The quantitative estimate of drug-likeness (QED) is 0.860. The highest BCUT2D eigenvalue weighted by Gasteiger charge is 2.19. The van der Waals surface area contributed by atoms with E-state index in [0.717, 1.165) is 37.8 Å². The van der Waals surface area contributed by atoms with Gasteiger partial charge in [0.2, 0.25) is 11.8 Å². The van der Waals surface area contributed by atoms with Crippen LogP contribution in [0.5, 0.6) is 0 Å². The SMILES string of the molecule is O=C(CN1CCCCCCC1=O)NCC(O)c1ccc(F)cc1F. The lowest BCUT2D eigenvalue weighted by molar-refractivity contribution is -0.136. The Balaban J connectivity index is 1.84. The van der Waals surface area contributed by atoms with Crippen LogP contribution in [0.3, 0.4) is 0 Å². The molecule has 2 amide bonds. The van der Waals surface area contributed by atoms with Crippen molar-refractivity contribution in [3.8, 4) is 0 Å². The van der Waals surface area contributed by atoms with E-state index in [0.29, 0.717) is 19.0 Å². The van der Waals surface area contributed by atoms with Crippen molar-refractivity contribution >= 4 is 11.8 Å². The Bertz CT molecular complexity index is 595. The molecule has 24 heavy (non-hydrogen) atoms. The van der Waals surface area contributed by atoms with E-state index in [1.165, 1.54) is 4.90 Å². The predicted molar refractivity (Wildman–Crippen MR) is 84.0 cm³/mol. The van der Waals surface area contributed by atoms with Gasteiger partial charge in [-0.3, -0.25) is 9.59 Å². The molecule has 2 N–H and O–H groups in total. The van der Waals surface area contributed by atoms with Gasteiger partial charge >= 0.3 is 0 Å². The summed E-state index contributed by atoms with van der Waals surface area (Å²) in [4.78, 5) is 25.4. The number of nitrogens with zero attached hydrogens (tertiary/aromatic N) is 1. The van der Waals surface area contributed by atoms with E-state index in [1.54, 1.807) is 0 Å². The molecule has 0 spiro atoms. The van der Waals surface area contributed by atoms with Gasteiger partial charge in [-0.25, -0.2) is 8.78 Å². The molecule has 0 aromatic heterocycles. The maximum absolute atomic E-state index is 13.6. The van der Waals surface area contributed by atoms with E-state index in [-0.39, 0.29) is 24.6 Å². The number of nitrogens with one attached hydrogen (secondary N) is 1. The van der Waals surface area contributed by atoms with E-state index in [4.69, 9.17) is 0 Å². The molecule has 0 bridgehead atoms. The maximum atomic E-state index is 13.6. The standard InChI is InChI=1S/C17H22F2N2O3/c18-12-6-7-13(14(19)9-12)15(22)10-20-16(23)11-21-8-4-2-1-3-5-17(21)24/h6-7,9,15,22H,1-5,8,10-11H2,(H,20,23). The van der Waals surface area contributed by atoms with Crippen molar-refractivity contribution < 1.29 is 23.5 Å². The molecule has 0 saturated carbocycles. The molecule has 1 atom stereocenters. The largest absolute Gasteiger partial charge is 0.386 e. The Kier molecular flexibility index (Phi) is 6.66. The van der Waals surface area contributed by atoms with Crippen LogP contribution in [-0.2, 0) is 9.59 Å². The van der Waals surface area contributed by atoms with Gasteiger partial charge in [0.25, 0.3) is 0 Å². The third kappa shape index (κ3) is 5.26. The molecule has 1 heterocycles. The fourth-order valence-corrected chi connectivity index (χ4v) is 2.70. The maximum Gasteiger partial charge on any atom is 0.239 e. The highest BCUT2D eigenvalue weighted by Crippen LogP contribution is 2.17. The second-order valence-electron chi connectivity index (χ2n) is 5.97. The minimum absolute atomic E-state index is 0.0463. The Labute approximate surface area is 139 Å². The van der Waals surface area contributed by atoms with Gasteiger partial charge in [-0.15, -0.1) is 0 Å². The second kappa shape index (κ2) is 8.73. The first-order chi connectivity index (χ1) is 11.5. The number of hydrogen-bond acceptors (Lipinski definition) is 3. The third-order valence-corrected chi connectivity index (χ3v) is 4.07. The van der Waals surface area contributed by atoms with Gasteiger partial charge in [-0.2, -0.15) is 0 Å². The van der Waals surface area contributed by atoms with Crippen LogP contribution in [0.4, 0.5) is 8.78 Å². The number of likely N-dealkylation sites (tertiary alicyclic amines) is 1. The van der Waals surface area contributed by atoms with Crippen LogP contribution >= 0.6 is 0 Å². The summed E-state index contributed by atoms with van der Waals surface area (Å²) in [6.07, 6.45) is 2.92. The lowest BCUT2D eigenvalue weighted by Crippen LogP contribution is -2.42. The van der Waals surface area contributed by atoms with Crippen LogP contribution in [0.25, 0.3) is 0 Å². The molecule has 7 heteroatoms. The van der Waals surface area contributed by atoms with Crippen molar-refractivity contribution in [2.45, 2.75) is 38.2 Å². The molecule has 1 saturated heterocycles. The first-order valence-electron chi connectivity index (χ1n) is 8.15. The summed E-state index contributed by atoms with van der Waals surface area (Å²) < 4.78 is 26.4. The molecule has 1 aromatic rings. The monoisotopic (exact) mass is 340 g/mol. The summed E-state index contributed by atoms with van der Waals surface area (Å²) >= 11 is 0. The van der Waals surface area contributed by atoms with Gasteiger partial charge in [0, 0.05) is 31.1 Å². The molecule has 1 aliphatic rings. The van der Waals surface area contributed by atoms with Crippen molar-refractivity contribution in [2.24, 2.45) is 0 Å². The van der Waals surface area contributed by atoms with Crippen molar-refractivity contribution in [1.29, 1.82) is 0 Å². The zero-order valence-electron chi connectivity index (χ0n) is 13.4. The van der Waals surface area contributed by atoms with Crippen molar-refractivity contribution in [1.82, 2.24) is 10.2 Å². The number of rotatable bonds is 5. The van der Waals surface area contributed by atoms with Gasteiger partial charge in [-0.1, -0.05) is 18.9 Å². The molecule has 1 aliphatic heterocycles. The number of aliphatic hydroxyl groups excluding tert-OH is 1. The lowest BCUT2D eigenvalue weighted by Gasteiger charge is -2.24. The highest BCUT2D eigenvalue weighted by molar-refractivity contribution is 5.84. The molecular weight excluding hydrogens is 318 g/mol. The summed E-state index contributed by atoms with van der Waals surface area (Å²) in [5.74, 6) is -2.06. The summed E-state index contributed by atoms with van der Waals surface area (Å²) in [6.45, 7) is 0.266. The molecule has 0 radical (unpaired) electrons. The Hall–Kier alpha value is -2.02. The topological polar surface area (TPSA) is 69.6 Å². The number of benzene rings is 1. The molecule has 132 valence electrons. The van der Waals surface area contributed by atoms with Gasteiger partial charge in [-0.05, 0) is 18.9 Å². The number of aliphatic hydroxyl groups is 1. The van der Waals surface area contributed by atoms with Crippen LogP contribution in [0.15, 0.2) is 18.2 Å². The number of hydrogen-bond donors (Lipinski definition) is 2. The van der Waals surface area contributed by atoms with E-state index in [9.17, 15) is 23.5 Å². The first-order valence-corrected chi connectivity index (χ1v) is 8.15. The molecule has 2 rings (SSSR count). The van der Waals surface area contributed by atoms with Crippen molar-refractivity contribution in [2.75, 3.05) is 19.6 Å². The van der Waals surface area contributed by atoms with E-state index >= 15 is 0 Å². The Morgan fingerprint density at radius 2 is 2.00 bits per heavy atom. The normalized spacial score (nSPS) is 17.1. The molecular formula is C17H22F2N2O3. The molecule has 1 unspecified atom stereocenters. The smallest absolute Gasteiger partial charge is 0.239 e. The van der Waals surface area contributed by atoms with Crippen molar-refractivity contribution in [3.63, 3.8) is 0 Å². The van der Waals surface area contributed by atoms with E-state index < -0.39 is 23.6 Å². The summed E-state index contributed by atoms with van der Waals surface area (Å²) in [5.41, 5.74) is -0.0842. The average Bonchev–Trinajstić information content (AvgIpc) is 2.52. The minimum Gasteiger partial charge on any atom is -0.386 e. The molecule has 1 aromatic carbocycles. The Morgan fingerprint density at radius 1 is 1.25 bits per heavy atom. The van der Waals surface area contributed by atoms with Crippen LogP contribution in [-0.4, -0.2) is 41.5 Å². The van der Waals surface area contributed by atoms with Crippen LogP contribution in [0, 0.1) is 11.6 Å². The molecule has 0 aliphatic carbocycles. The van der Waals surface area contributed by atoms with E-state index in [2.05, 4.69) is 5.32 Å². The van der Waals surface area contributed by atoms with E-state index in [1.807, 2.05) is 0 Å². The van der Waals surface area contributed by atoms with Gasteiger partial charge in [0.15, 0.2) is 0 Å². The van der Waals surface area contributed by atoms with Crippen LogP contribution in [0.2, 0.25) is 0 Å². The molecule has 5 nitrogen and oxygen atoms in total. The lowest BCUT2D eigenvalue weighted by atomic mass is 10.1. The predicted octanol–water partition coefficient (Wildman–Crippen LogP) is 1.91. The van der Waals surface area contributed by atoms with Gasteiger partial charge in [0.05, 0.1) is 12.6 Å². The average molecular weight is 340 g/mol. The number of carbonyl (C=O) groups is 2. The number of carbonyl (C=O) groups excluding carboxylic acids is 2. The second-order valence-corrected chi connectivity index (χ2v) is 5.97. The fraction of sp³-hybridized carbons (Fsp3) is 0.529.